The van der Waals surface area contributed by atoms with Crippen LogP contribution < -0.4 is 16.3 Å². The molecule has 0 radical (unpaired) electrons. The third kappa shape index (κ3) is 6.10. The van der Waals surface area contributed by atoms with Crippen molar-refractivity contribution in [3.63, 3.8) is 0 Å². The Bertz CT molecular complexity index is 678. The second-order valence-electron chi connectivity index (χ2n) is 5.63. The topological polar surface area (TPSA) is 152 Å². The maximum Gasteiger partial charge on any atom is 0.404 e. The second kappa shape index (κ2) is 9.85. The van der Waals surface area contributed by atoms with E-state index in [-0.39, 0.29) is 31.4 Å². The number of amides is 2. The summed E-state index contributed by atoms with van der Waals surface area (Å²) in [5, 5.41) is 22.2. The van der Waals surface area contributed by atoms with Crippen LogP contribution in [0.4, 0.5) is 10.6 Å². The first-order valence-corrected chi connectivity index (χ1v) is 8.23. The van der Waals surface area contributed by atoms with E-state index in [9.17, 15) is 14.4 Å². The van der Waals surface area contributed by atoms with Crippen molar-refractivity contribution in [1.29, 1.82) is 0 Å². The van der Waals surface area contributed by atoms with Gasteiger partial charge in [-0.15, -0.1) is 0 Å². The van der Waals surface area contributed by atoms with Gasteiger partial charge in [0.2, 0.25) is 5.91 Å². The molecule has 11 heteroatoms. The number of unbranched alkanes of at least 4 members (excludes halogenated alkanes) is 2. The fourth-order valence-corrected chi connectivity index (χ4v) is 2.37. The molecule has 0 saturated carbocycles. The number of rotatable bonds is 9. The third-order valence-electron chi connectivity index (χ3n) is 3.65. The number of carbonyl (C=O) groups is 2. The molecule has 1 fully saturated rings. The van der Waals surface area contributed by atoms with E-state index in [1.54, 1.807) is 0 Å². The van der Waals surface area contributed by atoms with Crippen LogP contribution in [-0.4, -0.2) is 57.8 Å². The maximum atomic E-state index is 12.0. The number of nitrogens with one attached hydrogen (secondary N) is 2. The van der Waals surface area contributed by atoms with Gasteiger partial charge in [-0.3, -0.25) is 9.36 Å². The first-order valence-electron chi connectivity index (χ1n) is 8.23. The molecule has 2 atom stereocenters. The molecule has 2 amide bonds. The van der Waals surface area contributed by atoms with Crippen LogP contribution in [0.1, 0.15) is 31.9 Å². The van der Waals surface area contributed by atoms with Gasteiger partial charge in [0.1, 0.15) is 5.82 Å². The molecule has 144 valence electrons. The lowest BCUT2D eigenvalue weighted by Gasteiger charge is -2.12. The van der Waals surface area contributed by atoms with Crippen LogP contribution in [0.25, 0.3) is 0 Å². The Morgan fingerprint density at radius 3 is 2.81 bits per heavy atom. The molecule has 1 saturated heterocycles. The van der Waals surface area contributed by atoms with E-state index in [0.29, 0.717) is 25.8 Å². The third-order valence-corrected chi connectivity index (χ3v) is 3.65. The molecule has 4 N–H and O–H groups in total. The average molecular weight is 370 g/mol. The Kier molecular flexibility index (Phi) is 7.51. The highest BCUT2D eigenvalue weighted by atomic mass is 16.7. The summed E-state index contributed by atoms with van der Waals surface area (Å²) in [5.74, 6) is -0.136. The Balaban J connectivity index is 1.76. The quantitative estimate of drug-likeness (QED) is 0.439. The Hall–Kier alpha value is -2.50. The molecule has 11 nitrogen and oxygen atoms in total. The van der Waals surface area contributed by atoms with E-state index in [2.05, 4.69) is 15.6 Å². The molecule has 1 aromatic heterocycles. The lowest BCUT2D eigenvalue weighted by atomic mass is 10.2. The molecule has 0 spiro atoms. The summed E-state index contributed by atoms with van der Waals surface area (Å²) < 4.78 is 11.7. The summed E-state index contributed by atoms with van der Waals surface area (Å²) in [6.45, 7) is 0.162. The highest BCUT2D eigenvalue weighted by Gasteiger charge is 2.27. The molecular weight excluding hydrogens is 348 g/mol. The van der Waals surface area contributed by atoms with Gasteiger partial charge in [0.25, 0.3) is 0 Å². The normalized spacial score (nSPS) is 19.3. The van der Waals surface area contributed by atoms with Crippen LogP contribution in [0.3, 0.4) is 0 Å². The number of aliphatic hydroxyl groups excluding tert-OH is 1. The predicted molar refractivity (Wildman–Crippen MR) is 88.6 cm³/mol. The lowest BCUT2D eigenvalue weighted by molar-refractivity contribution is -0.116. The molecular formula is C15H22N4O7. The number of hydrogen-bond donors (Lipinski definition) is 4. The van der Waals surface area contributed by atoms with Gasteiger partial charge in [0, 0.05) is 19.2 Å². The highest BCUT2D eigenvalue weighted by molar-refractivity contribution is 5.89. The number of nitrogens with zero attached hydrogens (tertiary/aromatic N) is 2. The summed E-state index contributed by atoms with van der Waals surface area (Å²) >= 11 is 0. The zero-order valence-electron chi connectivity index (χ0n) is 14.1. The van der Waals surface area contributed by atoms with Crippen molar-refractivity contribution in [3.8, 4) is 0 Å². The van der Waals surface area contributed by atoms with Crippen molar-refractivity contribution >= 4 is 17.8 Å². The lowest BCUT2D eigenvalue weighted by Crippen LogP contribution is -2.29. The van der Waals surface area contributed by atoms with Crippen LogP contribution in [0.5, 0.6) is 0 Å². The SMILES string of the molecule is O=C(O)NCCCCCC(=O)Nc1ccn(C2COC(CO)O2)c(=O)n1. The number of aromatic nitrogens is 2. The molecule has 0 aliphatic carbocycles. The number of carboxylic acid groups (broad SMARTS) is 1. The summed E-state index contributed by atoms with van der Waals surface area (Å²) in [6, 6.07) is 1.48. The Morgan fingerprint density at radius 1 is 1.35 bits per heavy atom. The second-order valence-corrected chi connectivity index (χ2v) is 5.63. The van der Waals surface area contributed by atoms with Crippen molar-refractivity contribution < 1.29 is 29.3 Å². The molecule has 0 aromatic carbocycles. The number of aliphatic hydroxyl groups is 1. The largest absolute Gasteiger partial charge is 0.465 e. The van der Waals surface area contributed by atoms with E-state index >= 15 is 0 Å². The van der Waals surface area contributed by atoms with Crippen molar-refractivity contribution in [2.45, 2.75) is 38.2 Å². The molecule has 2 rings (SSSR count). The van der Waals surface area contributed by atoms with Crippen LogP contribution in [0.15, 0.2) is 17.1 Å². The van der Waals surface area contributed by atoms with E-state index in [4.69, 9.17) is 19.7 Å². The zero-order valence-corrected chi connectivity index (χ0v) is 14.1. The molecule has 1 aromatic rings. The fraction of sp³-hybridized carbons (Fsp3) is 0.600. The van der Waals surface area contributed by atoms with Gasteiger partial charge in [-0.05, 0) is 18.9 Å². The summed E-state index contributed by atoms with van der Waals surface area (Å²) in [4.78, 5) is 37.9. The molecule has 1 aliphatic heterocycles. The molecule has 1 aliphatic rings. The minimum atomic E-state index is -1.06. The summed E-state index contributed by atoms with van der Waals surface area (Å²) in [5.41, 5.74) is -0.602. The van der Waals surface area contributed by atoms with E-state index in [0.717, 1.165) is 0 Å². The number of ether oxygens (including phenoxy) is 2. The number of anilines is 1. The van der Waals surface area contributed by atoms with Crippen molar-refractivity contribution in [3.05, 3.63) is 22.7 Å². The zero-order chi connectivity index (χ0) is 18.9. The van der Waals surface area contributed by atoms with Crippen LogP contribution >= 0.6 is 0 Å². The van der Waals surface area contributed by atoms with Crippen molar-refractivity contribution in [1.82, 2.24) is 14.9 Å². The summed E-state index contributed by atoms with van der Waals surface area (Å²) in [7, 11) is 0. The van der Waals surface area contributed by atoms with Gasteiger partial charge in [-0.1, -0.05) is 6.42 Å². The smallest absolute Gasteiger partial charge is 0.404 e. The fourth-order valence-electron chi connectivity index (χ4n) is 2.37. The first-order chi connectivity index (χ1) is 12.5. The first kappa shape index (κ1) is 19.8. The summed E-state index contributed by atoms with van der Waals surface area (Å²) in [6.07, 6.45) is 1.13. The van der Waals surface area contributed by atoms with Gasteiger partial charge in [-0.25, -0.2) is 9.59 Å². The Morgan fingerprint density at radius 2 is 2.15 bits per heavy atom. The van der Waals surface area contributed by atoms with Crippen molar-refractivity contribution in [2.75, 3.05) is 25.1 Å². The minimum Gasteiger partial charge on any atom is -0.465 e. The van der Waals surface area contributed by atoms with Crippen LogP contribution in [-0.2, 0) is 14.3 Å². The molecule has 2 unspecified atom stereocenters. The standard InChI is InChI=1S/C15H22N4O7/c20-8-13-25-9-12(26-13)19-7-5-10(18-14(19)22)17-11(21)4-2-1-3-6-16-15(23)24/h5,7,12-13,16,20H,1-4,6,8-9H2,(H,23,24)(H,17,18,21,22). The average Bonchev–Trinajstić information content (AvgIpc) is 3.06. The number of carbonyl (C=O) groups excluding carboxylic acids is 1. The highest BCUT2D eigenvalue weighted by Crippen LogP contribution is 2.19. The maximum absolute atomic E-state index is 12.0. The van der Waals surface area contributed by atoms with Crippen LogP contribution in [0, 0.1) is 0 Å². The molecule has 2 heterocycles. The van der Waals surface area contributed by atoms with Gasteiger partial charge >= 0.3 is 11.8 Å². The van der Waals surface area contributed by atoms with Gasteiger partial charge in [0.05, 0.1) is 13.2 Å². The molecule has 26 heavy (non-hydrogen) atoms. The van der Waals surface area contributed by atoms with Gasteiger partial charge in [0.15, 0.2) is 12.5 Å². The van der Waals surface area contributed by atoms with E-state index < -0.39 is 24.3 Å². The van der Waals surface area contributed by atoms with Gasteiger partial charge < -0.3 is 30.3 Å². The minimum absolute atomic E-state index is 0.120. The Labute approximate surface area is 148 Å². The number of hydrogen-bond acceptors (Lipinski definition) is 7. The monoisotopic (exact) mass is 370 g/mol. The van der Waals surface area contributed by atoms with Crippen molar-refractivity contribution in [2.24, 2.45) is 0 Å². The predicted octanol–water partition coefficient (Wildman–Crippen LogP) is -0.126. The van der Waals surface area contributed by atoms with E-state index in [1.807, 2.05) is 0 Å². The van der Waals surface area contributed by atoms with Gasteiger partial charge in [-0.2, -0.15) is 4.98 Å². The van der Waals surface area contributed by atoms with Crippen LogP contribution in [0.2, 0.25) is 0 Å². The molecule has 0 bridgehead atoms. The van der Waals surface area contributed by atoms with E-state index in [1.165, 1.54) is 16.8 Å².